The molecule has 2 saturated heterocycles. The van der Waals surface area contributed by atoms with Gasteiger partial charge in [0.1, 0.15) is 0 Å². The topological polar surface area (TPSA) is 61.7 Å². The van der Waals surface area contributed by atoms with Gasteiger partial charge < -0.3 is 9.80 Å². The Morgan fingerprint density at radius 1 is 0.963 bits per heavy atom. The fourth-order valence-corrected chi connectivity index (χ4v) is 3.85. The zero-order chi connectivity index (χ0) is 19.4. The molecule has 1 aromatic rings. The monoisotopic (exact) mass is 373 g/mol. The molecule has 0 unspecified atom stereocenters. The number of likely N-dealkylation sites (tertiary alicyclic amines) is 1. The maximum Gasteiger partial charge on any atom is 0.246 e. The summed E-state index contributed by atoms with van der Waals surface area (Å²) in [5, 5.41) is 4.37. The molecule has 2 aliphatic rings. The van der Waals surface area contributed by atoms with Crippen LogP contribution in [0, 0.1) is 13.8 Å². The van der Waals surface area contributed by atoms with Crippen LogP contribution in [0.1, 0.15) is 36.2 Å². The molecule has 0 spiro atoms. The lowest BCUT2D eigenvalue weighted by atomic mass is 10.1. The molecule has 3 heterocycles. The van der Waals surface area contributed by atoms with Gasteiger partial charge >= 0.3 is 0 Å². The molecule has 0 radical (unpaired) electrons. The minimum atomic E-state index is 0.0275. The number of carbonyl (C=O) groups excluding carboxylic acids is 2. The van der Waals surface area contributed by atoms with Crippen molar-refractivity contribution in [3.05, 3.63) is 23.0 Å². The molecule has 27 heavy (non-hydrogen) atoms. The van der Waals surface area contributed by atoms with Crippen LogP contribution in [0.4, 0.5) is 0 Å². The van der Waals surface area contributed by atoms with Crippen molar-refractivity contribution in [2.75, 3.05) is 45.8 Å². The van der Waals surface area contributed by atoms with Gasteiger partial charge in [-0.3, -0.25) is 19.2 Å². The van der Waals surface area contributed by atoms with Crippen molar-refractivity contribution < 1.29 is 9.59 Å². The lowest BCUT2D eigenvalue weighted by molar-refractivity contribution is -0.134. The first-order valence-electron chi connectivity index (χ1n) is 9.93. The summed E-state index contributed by atoms with van der Waals surface area (Å²) in [7, 11) is 1.91. The van der Waals surface area contributed by atoms with Gasteiger partial charge in [0, 0.05) is 63.6 Å². The average molecular weight is 374 g/mol. The lowest BCUT2D eigenvalue weighted by Crippen LogP contribution is -2.51. The van der Waals surface area contributed by atoms with Gasteiger partial charge in [0.15, 0.2) is 0 Å². The van der Waals surface area contributed by atoms with Crippen LogP contribution >= 0.6 is 0 Å². The molecular weight excluding hydrogens is 342 g/mol. The minimum absolute atomic E-state index is 0.0275. The molecule has 0 saturated carbocycles. The fraction of sp³-hybridized carbons (Fsp3) is 0.650. The number of nitrogens with zero attached hydrogens (tertiary/aromatic N) is 5. The van der Waals surface area contributed by atoms with Gasteiger partial charge in [-0.2, -0.15) is 5.10 Å². The van der Waals surface area contributed by atoms with E-state index >= 15 is 0 Å². The molecule has 0 aliphatic carbocycles. The second kappa shape index (κ2) is 8.69. The average Bonchev–Trinajstić information content (AvgIpc) is 2.92. The van der Waals surface area contributed by atoms with E-state index in [0.29, 0.717) is 19.6 Å². The third-order valence-corrected chi connectivity index (χ3v) is 5.71. The first kappa shape index (κ1) is 19.6. The highest BCUT2D eigenvalue weighted by molar-refractivity contribution is 5.92. The highest BCUT2D eigenvalue weighted by Gasteiger charge is 2.24. The molecule has 0 N–H and O–H groups in total. The van der Waals surface area contributed by atoms with Crippen molar-refractivity contribution in [1.82, 2.24) is 24.5 Å². The third kappa shape index (κ3) is 4.77. The molecule has 3 rings (SSSR count). The van der Waals surface area contributed by atoms with Crippen molar-refractivity contribution in [2.24, 2.45) is 7.05 Å². The molecule has 148 valence electrons. The lowest BCUT2D eigenvalue weighted by Gasteiger charge is -2.35. The molecule has 7 nitrogen and oxygen atoms in total. The quantitative estimate of drug-likeness (QED) is 0.745. The number of carbonyl (C=O) groups is 2. The van der Waals surface area contributed by atoms with Crippen LogP contribution in [-0.2, 0) is 16.6 Å². The predicted molar refractivity (Wildman–Crippen MR) is 105 cm³/mol. The number of aromatic nitrogens is 2. The van der Waals surface area contributed by atoms with Gasteiger partial charge in [-0.05, 0) is 39.2 Å². The van der Waals surface area contributed by atoms with E-state index in [2.05, 4.69) is 10.00 Å². The summed E-state index contributed by atoms with van der Waals surface area (Å²) in [5.41, 5.74) is 2.99. The zero-order valence-corrected chi connectivity index (χ0v) is 16.8. The van der Waals surface area contributed by atoms with Crippen LogP contribution in [0.25, 0.3) is 6.08 Å². The Balaban J connectivity index is 1.47. The largest absolute Gasteiger partial charge is 0.342 e. The molecule has 7 heteroatoms. The van der Waals surface area contributed by atoms with E-state index in [4.69, 9.17) is 0 Å². The van der Waals surface area contributed by atoms with Crippen LogP contribution < -0.4 is 0 Å². The van der Waals surface area contributed by atoms with Crippen molar-refractivity contribution in [3.8, 4) is 0 Å². The fourth-order valence-electron chi connectivity index (χ4n) is 3.85. The van der Waals surface area contributed by atoms with Crippen LogP contribution in [0.15, 0.2) is 6.08 Å². The van der Waals surface area contributed by atoms with Gasteiger partial charge in [0.25, 0.3) is 0 Å². The maximum atomic E-state index is 12.5. The second-order valence-corrected chi connectivity index (χ2v) is 7.58. The summed E-state index contributed by atoms with van der Waals surface area (Å²) in [6, 6.07) is 0. The van der Waals surface area contributed by atoms with E-state index in [0.717, 1.165) is 56.0 Å². The number of piperazine rings is 1. The SMILES string of the molecule is Cc1nn(C)c(C)c1/C=C/C(=O)N1CCN(CC(=O)N2CCCCC2)CC1. The highest BCUT2D eigenvalue weighted by atomic mass is 16.2. The number of hydrogen-bond acceptors (Lipinski definition) is 4. The molecule has 0 atom stereocenters. The summed E-state index contributed by atoms with van der Waals surface area (Å²) in [6.07, 6.45) is 6.99. The summed E-state index contributed by atoms with van der Waals surface area (Å²) in [5.74, 6) is 0.261. The highest BCUT2D eigenvalue weighted by Crippen LogP contribution is 2.14. The molecule has 2 fully saturated rings. The summed E-state index contributed by atoms with van der Waals surface area (Å²) < 4.78 is 1.83. The van der Waals surface area contributed by atoms with Gasteiger partial charge in [-0.1, -0.05) is 0 Å². The van der Waals surface area contributed by atoms with E-state index < -0.39 is 0 Å². The third-order valence-electron chi connectivity index (χ3n) is 5.71. The molecule has 1 aromatic heterocycles. The standard InChI is InChI=1S/C20H31N5O2/c1-16-18(17(2)22(3)21-16)7-8-19(26)25-13-11-23(12-14-25)15-20(27)24-9-5-4-6-10-24/h7-8H,4-6,9-15H2,1-3H3/b8-7+. The Morgan fingerprint density at radius 2 is 1.63 bits per heavy atom. The zero-order valence-electron chi connectivity index (χ0n) is 16.8. The number of hydrogen-bond donors (Lipinski definition) is 0. The molecule has 0 bridgehead atoms. The van der Waals surface area contributed by atoms with Crippen LogP contribution in [0.3, 0.4) is 0 Å². The van der Waals surface area contributed by atoms with Crippen LogP contribution in [0.5, 0.6) is 0 Å². The van der Waals surface area contributed by atoms with Crippen molar-refractivity contribution in [2.45, 2.75) is 33.1 Å². The Bertz CT molecular complexity index is 710. The van der Waals surface area contributed by atoms with E-state index in [1.807, 2.05) is 41.5 Å². The van der Waals surface area contributed by atoms with E-state index in [-0.39, 0.29) is 11.8 Å². The van der Waals surface area contributed by atoms with Crippen molar-refractivity contribution in [1.29, 1.82) is 0 Å². The van der Waals surface area contributed by atoms with Crippen LogP contribution in [-0.4, -0.2) is 82.1 Å². The Hall–Kier alpha value is -2.15. The number of amides is 2. The van der Waals surface area contributed by atoms with Gasteiger partial charge in [0.05, 0.1) is 12.2 Å². The molecule has 2 aliphatic heterocycles. The normalized spacial score (nSPS) is 19.1. The summed E-state index contributed by atoms with van der Waals surface area (Å²) in [4.78, 5) is 30.9. The number of rotatable bonds is 4. The Morgan fingerprint density at radius 3 is 2.22 bits per heavy atom. The maximum absolute atomic E-state index is 12.5. The second-order valence-electron chi connectivity index (χ2n) is 7.58. The number of piperidine rings is 1. The van der Waals surface area contributed by atoms with E-state index in [1.165, 1.54) is 6.42 Å². The van der Waals surface area contributed by atoms with Gasteiger partial charge in [0.2, 0.25) is 11.8 Å². The van der Waals surface area contributed by atoms with E-state index in [9.17, 15) is 9.59 Å². The molecule has 0 aromatic carbocycles. The Labute approximate surface area is 161 Å². The summed E-state index contributed by atoms with van der Waals surface area (Å²) in [6.45, 7) is 9.07. The predicted octanol–water partition coefficient (Wildman–Crippen LogP) is 1.21. The number of aryl methyl sites for hydroxylation is 2. The van der Waals surface area contributed by atoms with Gasteiger partial charge in [-0.25, -0.2) is 0 Å². The minimum Gasteiger partial charge on any atom is -0.342 e. The smallest absolute Gasteiger partial charge is 0.246 e. The van der Waals surface area contributed by atoms with Crippen molar-refractivity contribution in [3.63, 3.8) is 0 Å². The van der Waals surface area contributed by atoms with Crippen molar-refractivity contribution >= 4 is 17.9 Å². The molecule has 2 amide bonds. The first-order valence-corrected chi connectivity index (χ1v) is 9.93. The summed E-state index contributed by atoms with van der Waals surface area (Å²) >= 11 is 0. The Kier molecular flexibility index (Phi) is 6.31. The van der Waals surface area contributed by atoms with Gasteiger partial charge in [-0.15, -0.1) is 0 Å². The van der Waals surface area contributed by atoms with Crippen LogP contribution in [0.2, 0.25) is 0 Å². The molecular formula is C20H31N5O2. The van der Waals surface area contributed by atoms with E-state index in [1.54, 1.807) is 6.08 Å². The first-order chi connectivity index (χ1) is 13.0.